The lowest BCUT2D eigenvalue weighted by Gasteiger charge is -2.21. The third-order valence-corrected chi connectivity index (χ3v) is 5.96. The first-order chi connectivity index (χ1) is 9.10. The zero-order chi connectivity index (χ0) is 14.0. The van der Waals surface area contributed by atoms with E-state index in [0.717, 1.165) is 24.5 Å². The summed E-state index contributed by atoms with van der Waals surface area (Å²) in [6.45, 7) is 1.85. The molecule has 1 aliphatic heterocycles. The fourth-order valence-corrected chi connectivity index (χ4v) is 4.87. The maximum Gasteiger partial charge on any atom is 0.0556 e. The molecule has 1 fully saturated rings. The van der Waals surface area contributed by atoms with E-state index < -0.39 is 0 Å². The van der Waals surface area contributed by atoms with Gasteiger partial charge in [-0.15, -0.1) is 23.5 Å². The molecule has 2 rings (SSSR count). The van der Waals surface area contributed by atoms with Gasteiger partial charge in [-0.1, -0.05) is 11.6 Å². The number of hydrogen-bond acceptors (Lipinski definition) is 4. The SMILES string of the molecule is CSc1cc(C2CC(CN)CN2C)cc(Cl)c1SC. The molecule has 2 N–H and O–H groups in total. The zero-order valence-electron chi connectivity index (χ0n) is 11.6. The van der Waals surface area contributed by atoms with Crippen molar-refractivity contribution in [3.8, 4) is 0 Å². The van der Waals surface area contributed by atoms with E-state index in [0.29, 0.717) is 12.0 Å². The van der Waals surface area contributed by atoms with Crippen molar-refractivity contribution in [2.24, 2.45) is 11.7 Å². The fourth-order valence-electron chi connectivity index (χ4n) is 2.80. The predicted octanol–water partition coefficient (Wildman–Crippen LogP) is 3.74. The number of hydrogen-bond donors (Lipinski definition) is 1. The molecule has 5 heteroatoms. The van der Waals surface area contributed by atoms with E-state index in [1.54, 1.807) is 23.5 Å². The monoisotopic (exact) mass is 316 g/mol. The smallest absolute Gasteiger partial charge is 0.0556 e. The van der Waals surface area contributed by atoms with Crippen molar-refractivity contribution < 1.29 is 0 Å². The lowest BCUT2D eigenvalue weighted by atomic mass is 10.00. The van der Waals surface area contributed by atoms with Crippen LogP contribution in [0.2, 0.25) is 5.02 Å². The maximum atomic E-state index is 6.43. The Balaban J connectivity index is 2.33. The Morgan fingerprint density at radius 2 is 2.11 bits per heavy atom. The lowest BCUT2D eigenvalue weighted by Crippen LogP contribution is -2.20. The number of likely N-dealkylation sites (tertiary alicyclic amines) is 1. The first kappa shape index (κ1) is 15.5. The number of thioether (sulfide) groups is 2. The molecule has 0 radical (unpaired) electrons. The highest BCUT2D eigenvalue weighted by Crippen LogP contribution is 2.41. The first-order valence-corrected chi connectivity index (χ1v) is 9.25. The molecule has 0 amide bonds. The summed E-state index contributed by atoms with van der Waals surface area (Å²) in [5, 5.41) is 0.874. The first-order valence-electron chi connectivity index (χ1n) is 6.42. The summed E-state index contributed by atoms with van der Waals surface area (Å²) in [6, 6.07) is 4.88. The Kier molecular flexibility index (Phi) is 5.49. The fraction of sp³-hybridized carbons (Fsp3) is 0.571. The Morgan fingerprint density at radius 1 is 1.37 bits per heavy atom. The van der Waals surface area contributed by atoms with Gasteiger partial charge >= 0.3 is 0 Å². The number of nitrogens with two attached hydrogens (primary N) is 1. The van der Waals surface area contributed by atoms with Gasteiger partial charge in [0.15, 0.2) is 0 Å². The zero-order valence-corrected chi connectivity index (χ0v) is 14.0. The van der Waals surface area contributed by atoms with Gasteiger partial charge in [-0.2, -0.15) is 0 Å². The molecular weight excluding hydrogens is 296 g/mol. The topological polar surface area (TPSA) is 29.3 Å². The normalized spacial score (nSPS) is 24.1. The third-order valence-electron chi connectivity index (χ3n) is 3.81. The van der Waals surface area contributed by atoms with Crippen LogP contribution in [0.1, 0.15) is 18.0 Å². The van der Waals surface area contributed by atoms with Gasteiger partial charge < -0.3 is 5.73 Å². The molecule has 19 heavy (non-hydrogen) atoms. The van der Waals surface area contributed by atoms with Crippen LogP contribution in [0.15, 0.2) is 21.9 Å². The largest absolute Gasteiger partial charge is 0.330 e. The van der Waals surface area contributed by atoms with Gasteiger partial charge in [0.25, 0.3) is 0 Å². The minimum absolute atomic E-state index is 0.452. The van der Waals surface area contributed by atoms with Crippen LogP contribution in [0.25, 0.3) is 0 Å². The molecule has 0 saturated carbocycles. The van der Waals surface area contributed by atoms with Crippen molar-refractivity contribution in [1.82, 2.24) is 4.90 Å². The van der Waals surface area contributed by atoms with E-state index in [1.807, 2.05) is 0 Å². The molecule has 0 spiro atoms. The van der Waals surface area contributed by atoms with Crippen molar-refractivity contribution in [3.63, 3.8) is 0 Å². The van der Waals surface area contributed by atoms with E-state index in [-0.39, 0.29) is 0 Å². The standard InChI is InChI=1S/C14H21ClN2S2/c1-17-8-9(7-16)4-12(17)10-5-11(15)14(19-3)13(6-10)18-2/h5-6,9,12H,4,7-8,16H2,1-3H3. The molecule has 1 aromatic rings. The van der Waals surface area contributed by atoms with Crippen molar-refractivity contribution >= 4 is 35.1 Å². The third kappa shape index (κ3) is 3.24. The minimum atomic E-state index is 0.452. The summed E-state index contributed by atoms with van der Waals surface area (Å²) in [5.74, 6) is 0.603. The molecule has 0 aromatic heterocycles. The van der Waals surface area contributed by atoms with Gasteiger partial charge in [0.2, 0.25) is 0 Å². The molecule has 106 valence electrons. The van der Waals surface area contributed by atoms with Gasteiger partial charge in [0.1, 0.15) is 0 Å². The minimum Gasteiger partial charge on any atom is -0.330 e. The van der Waals surface area contributed by atoms with Gasteiger partial charge in [0.05, 0.1) is 5.02 Å². The molecular formula is C14H21ClN2S2. The summed E-state index contributed by atoms with van der Waals surface area (Å²) < 4.78 is 0. The second-order valence-corrected chi connectivity index (χ2v) is 7.10. The van der Waals surface area contributed by atoms with E-state index >= 15 is 0 Å². The summed E-state index contributed by atoms with van der Waals surface area (Å²) in [5.41, 5.74) is 7.13. The van der Waals surface area contributed by atoms with Gasteiger partial charge in [-0.25, -0.2) is 0 Å². The van der Waals surface area contributed by atoms with Crippen LogP contribution in [-0.4, -0.2) is 37.5 Å². The van der Waals surface area contributed by atoms with E-state index in [1.165, 1.54) is 15.4 Å². The van der Waals surface area contributed by atoms with Crippen molar-refractivity contribution in [2.45, 2.75) is 22.3 Å². The average molecular weight is 317 g/mol. The predicted molar refractivity (Wildman–Crippen MR) is 87.5 cm³/mol. The summed E-state index contributed by atoms with van der Waals surface area (Å²) in [6.07, 6.45) is 5.32. The maximum absolute atomic E-state index is 6.43. The molecule has 2 atom stereocenters. The molecule has 1 saturated heterocycles. The Morgan fingerprint density at radius 3 is 2.63 bits per heavy atom. The molecule has 0 bridgehead atoms. The summed E-state index contributed by atoms with van der Waals surface area (Å²) in [7, 11) is 2.18. The van der Waals surface area contributed by atoms with Crippen LogP contribution >= 0.6 is 35.1 Å². The van der Waals surface area contributed by atoms with Crippen LogP contribution in [0.4, 0.5) is 0 Å². The van der Waals surface area contributed by atoms with E-state index in [2.05, 4.69) is 36.6 Å². The summed E-state index contributed by atoms with van der Waals surface area (Å²) in [4.78, 5) is 4.86. The van der Waals surface area contributed by atoms with Crippen LogP contribution < -0.4 is 5.73 Å². The van der Waals surface area contributed by atoms with Crippen molar-refractivity contribution in [1.29, 1.82) is 0 Å². The Labute approximate surface area is 129 Å². The van der Waals surface area contributed by atoms with Crippen molar-refractivity contribution in [2.75, 3.05) is 32.6 Å². The second kappa shape index (κ2) is 6.72. The molecule has 1 aromatic carbocycles. The van der Waals surface area contributed by atoms with E-state index in [9.17, 15) is 0 Å². The molecule has 0 aliphatic carbocycles. The number of halogens is 1. The summed E-state index contributed by atoms with van der Waals surface area (Å²) >= 11 is 9.92. The van der Waals surface area contributed by atoms with Gasteiger partial charge in [-0.05, 0) is 56.1 Å². The molecule has 1 heterocycles. The molecule has 2 nitrogen and oxygen atoms in total. The second-order valence-electron chi connectivity index (χ2n) is 5.03. The van der Waals surface area contributed by atoms with Crippen LogP contribution in [0.5, 0.6) is 0 Å². The van der Waals surface area contributed by atoms with Crippen LogP contribution in [0.3, 0.4) is 0 Å². The Bertz CT molecular complexity index is 453. The van der Waals surface area contributed by atoms with Gasteiger partial charge in [-0.3, -0.25) is 4.90 Å². The number of rotatable bonds is 4. The lowest BCUT2D eigenvalue weighted by molar-refractivity contribution is 0.313. The highest BCUT2D eigenvalue weighted by molar-refractivity contribution is 8.01. The van der Waals surface area contributed by atoms with Crippen LogP contribution in [-0.2, 0) is 0 Å². The number of nitrogens with zero attached hydrogens (tertiary/aromatic N) is 1. The van der Waals surface area contributed by atoms with E-state index in [4.69, 9.17) is 17.3 Å². The highest BCUT2D eigenvalue weighted by atomic mass is 35.5. The number of benzene rings is 1. The average Bonchev–Trinajstić information content (AvgIpc) is 2.79. The Hall–Kier alpha value is 0.130. The molecule has 2 unspecified atom stereocenters. The van der Waals surface area contributed by atoms with Gasteiger partial charge in [0, 0.05) is 22.4 Å². The highest BCUT2D eigenvalue weighted by Gasteiger charge is 2.30. The van der Waals surface area contributed by atoms with Crippen molar-refractivity contribution in [3.05, 3.63) is 22.7 Å². The van der Waals surface area contributed by atoms with Crippen LogP contribution in [0, 0.1) is 5.92 Å². The quantitative estimate of drug-likeness (QED) is 0.857. The molecule has 1 aliphatic rings.